The summed E-state index contributed by atoms with van der Waals surface area (Å²) in [5.41, 5.74) is 3.35. The van der Waals surface area contributed by atoms with Gasteiger partial charge in [0.25, 0.3) is 0 Å². The number of thiocarbonyl (C=S) groups is 1. The van der Waals surface area contributed by atoms with Gasteiger partial charge in [-0.25, -0.2) is 0 Å². The van der Waals surface area contributed by atoms with Gasteiger partial charge in [0, 0.05) is 41.2 Å². The zero-order valence-electron chi connectivity index (χ0n) is 15.6. The standard InChI is InChI=1S/C23H19N3O2S/c27-21-16-9-4-5-10-17(16)22(28)20-18(21)11-6-12-19(20)24-13-14-25-23(29)26-15-7-2-1-3-8-15/h1-12,24H,13-14H2,(H2,25,26,29). The van der Waals surface area contributed by atoms with E-state index in [1.807, 2.05) is 36.4 Å². The summed E-state index contributed by atoms with van der Waals surface area (Å²) >= 11 is 5.29. The van der Waals surface area contributed by atoms with E-state index in [2.05, 4.69) is 16.0 Å². The highest BCUT2D eigenvalue weighted by atomic mass is 32.1. The molecule has 0 atom stereocenters. The molecule has 0 unspecified atom stereocenters. The third kappa shape index (κ3) is 3.88. The van der Waals surface area contributed by atoms with E-state index in [-0.39, 0.29) is 11.6 Å². The predicted molar refractivity (Wildman–Crippen MR) is 119 cm³/mol. The molecule has 144 valence electrons. The second-order valence-electron chi connectivity index (χ2n) is 6.61. The van der Waals surface area contributed by atoms with Gasteiger partial charge in [-0.05, 0) is 30.4 Å². The van der Waals surface area contributed by atoms with Gasteiger partial charge < -0.3 is 16.0 Å². The SMILES string of the molecule is O=C1c2ccccc2C(=O)c2c(NCCNC(=S)Nc3ccccc3)cccc21. The Morgan fingerprint density at radius 2 is 1.38 bits per heavy atom. The lowest BCUT2D eigenvalue weighted by atomic mass is 9.83. The molecule has 0 fully saturated rings. The lowest BCUT2D eigenvalue weighted by molar-refractivity contribution is 0.0979. The van der Waals surface area contributed by atoms with Crippen molar-refractivity contribution in [1.82, 2.24) is 5.32 Å². The molecule has 1 aliphatic carbocycles. The van der Waals surface area contributed by atoms with Crippen LogP contribution in [0.25, 0.3) is 0 Å². The molecule has 0 radical (unpaired) electrons. The van der Waals surface area contributed by atoms with Crippen LogP contribution in [0.1, 0.15) is 31.8 Å². The highest BCUT2D eigenvalue weighted by molar-refractivity contribution is 7.80. The van der Waals surface area contributed by atoms with Crippen molar-refractivity contribution in [3.05, 3.63) is 95.1 Å². The molecule has 0 bridgehead atoms. The van der Waals surface area contributed by atoms with Gasteiger partial charge in [-0.2, -0.15) is 0 Å². The highest BCUT2D eigenvalue weighted by Crippen LogP contribution is 2.31. The molecule has 0 saturated heterocycles. The second kappa shape index (κ2) is 8.24. The van der Waals surface area contributed by atoms with Crippen molar-refractivity contribution in [2.24, 2.45) is 0 Å². The summed E-state index contributed by atoms with van der Waals surface area (Å²) in [5.74, 6) is -0.252. The minimum atomic E-state index is -0.132. The van der Waals surface area contributed by atoms with Crippen molar-refractivity contribution in [2.45, 2.75) is 0 Å². The highest BCUT2D eigenvalue weighted by Gasteiger charge is 2.31. The summed E-state index contributed by atoms with van der Waals surface area (Å²) in [4.78, 5) is 25.8. The van der Waals surface area contributed by atoms with Crippen LogP contribution in [0.5, 0.6) is 0 Å². The van der Waals surface area contributed by atoms with Gasteiger partial charge in [0.1, 0.15) is 0 Å². The third-order valence-electron chi connectivity index (χ3n) is 4.71. The Labute approximate surface area is 174 Å². The summed E-state index contributed by atoms with van der Waals surface area (Å²) in [6.07, 6.45) is 0. The van der Waals surface area contributed by atoms with E-state index in [0.717, 1.165) is 5.69 Å². The molecule has 0 aromatic heterocycles. The molecule has 0 saturated carbocycles. The number of para-hydroxylation sites is 1. The van der Waals surface area contributed by atoms with E-state index in [0.29, 0.717) is 46.1 Å². The van der Waals surface area contributed by atoms with Gasteiger partial charge in [0.15, 0.2) is 16.7 Å². The number of benzene rings is 3. The Balaban J connectivity index is 1.41. The number of carbonyl (C=O) groups is 2. The molecule has 0 heterocycles. The lowest BCUT2D eigenvalue weighted by Gasteiger charge is -2.21. The summed E-state index contributed by atoms with van der Waals surface area (Å²) in [5, 5.41) is 10.0. The Kier molecular flexibility index (Phi) is 5.35. The van der Waals surface area contributed by atoms with Crippen LogP contribution in [0.15, 0.2) is 72.8 Å². The number of fused-ring (bicyclic) bond motifs is 2. The van der Waals surface area contributed by atoms with Gasteiger partial charge >= 0.3 is 0 Å². The Morgan fingerprint density at radius 1 is 0.724 bits per heavy atom. The van der Waals surface area contributed by atoms with Crippen LogP contribution in [0.3, 0.4) is 0 Å². The van der Waals surface area contributed by atoms with E-state index >= 15 is 0 Å². The zero-order chi connectivity index (χ0) is 20.2. The number of anilines is 2. The fraction of sp³-hybridized carbons (Fsp3) is 0.0870. The molecule has 0 amide bonds. The normalized spacial score (nSPS) is 12.0. The fourth-order valence-electron chi connectivity index (χ4n) is 3.36. The topological polar surface area (TPSA) is 70.2 Å². The maximum Gasteiger partial charge on any atom is 0.196 e. The monoisotopic (exact) mass is 401 g/mol. The molecule has 3 aromatic rings. The number of nitrogens with one attached hydrogen (secondary N) is 3. The van der Waals surface area contributed by atoms with Crippen LogP contribution in [-0.2, 0) is 0 Å². The molecule has 4 rings (SSSR count). The van der Waals surface area contributed by atoms with E-state index in [4.69, 9.17) is 12.2 Å². The van der Waals surface area contributed by atoms with Crippen molar-refractivity contribution in [2.75, 3.05) is 23.7 Å². The first kappa shape index (κ1) is 18.8. The first-order chi connectivity index (χ1) is 14.1. The zero-order valence-corrected chi connectivity index (χ0v) is 16.4. The molecule has 3 N–H and O–H groups in total. The van der Waals surface area contributed by atoms with Gasteiger partial charge in [0.05, 0.1) is 5.56 Å². The van der Waals surface area contributed by atoms with Crippen LogP contribution < -0.4 is 16.0 Å². The number of hydrogen-bond donors (Lipinski definition) is 3. The van der Waals surface area contributed by atoms with Crippen LogP contribution >= 0.6 is 12.2 Å². The van der Waals surface area contributed by atoms with Crippen molar-refractivity contribution in [1.29, 1.82) is 0 Å². The van der Waals surface area contributed by atoms with Crippen molar-refractivity contribution >= 4 is 40.3 Å². The Hall–Kier alpha value is -3.51. The van der Waals surface area contributed by atoms with E-state index in [1.54, 1.807) is 36.4 Å². The molecule has 0 aliphatic heterocycles. The number of carbonyl (C=O) groups excluding carboxylic acids is 2. The maximum atomic E-state index is 13.0. The number of rotatable bonds is 5. The second-order valence-corrected chi connectivity index (χ2v) is 7.01. The average Bonchev–Trinajstić information content (AvgIpc) is 2.75. The van der Waals surface area contributed by atoms with Crippen LogP contribution in [0.2, 0.25) is 0 Å². The molecular formula is C23H19N3O2S. The number of ketones is 2. The first-order valence-electron chi connectivity index (χ1n) is 9.30. The molecule has 1 aliphatic rings. The Morgan fingerprint density at radius 3 is 2.14 bits per heavy atom. The quantitative estimate of drug-likeness (QED) is 0.348. The van der Waals surface area contributed by atoms with E-state index in [1.165, 1.54) is 0 Å². The van der Waals surface area contributed by atoms with E-state index < -0.39 is 0 Å². The minimum Gasteiger partial charge on any atom is -0.383 e. The molecule has 29 heavy (non-hydrogen) atoms. The minimum absolute atomic E-state index is 0.120. The van der Waals surface area contributed by atoms with Crippen LogP contribution in [0.4, 0.5) is 11.4 Å². The average molecular weight is 401 g/mol. The molecule has 6 heteroatoms. The predicted octanol–water partition coefficient (Wildman–Crippen LogP) is 3.86. The summed E-state index contributed by atoms with van der Waals surface area (Å²) in [7, 11) is 0. The Bertz CT molecular complexity index is 1100. The molecular weight excluding hydrogens is 382 g/mol. The first-order valence-corrected chi connectivity index (χ1v) is 9.71. The smallest absolute Gasteiger partial charge is 0.196 e. The summed E-state index contributed by atoms with van der Waals surface area (Å²) in [6, 6.07) is 21.9. The molecule has 0 spiro atoms. The summed E-state index contributed by atoms with van der Waals surface area (Å²) < 4.78 is 0. The third-order valence-corrected chi connectivity index (χ3v) is 4.96. The number of hydrogen-bond acceptors (Lipinski definition) is 4. The largest absolute Gasteiger partial charge is 0.383 e. The molecule has 5 nitrogen and oxygen atoms in total. The fourth-order valence-corrected chi connectivity index (χ4v) is 3.58. The van der Waals surface area contributed by atoms with Gasteiger partial charge in [-0.1, -0.05) is 54.6 Å². The molecule has 3 aromatic carbocycles. The van der Waals surface area contributed by atoms with Gasteiger partial charge in [0.2, 0.25) is 0 Å². The van der Waals surface area contributed by atoms with Crippen LogP contribution in [-0.4, -0.2) is 29.8 Å². The van der Waals surface area contributed by atoms with Crippen molar-refractivity contribution < 1.29 is 9.59 Å². The summed E-state index contributed by atoms with van der Waals surface area (Å²) in [6.45, 7) is 1.09. The van der Waals surface area contributed by atoms with Crippen molar-refractivity contribution in [3.8, 4) is 0 Å². The van der Waals surface area contributed by atoms with E-state index in [9.17, 15) is 9.59 Å². The van der Waals surface area contributed by atoms with Gasteiger partial charge in [-0.15, -0.1) is 0 Å². The lowest BCUT2D eigenvalue weighted by Crippen LogP contribution is -2.32. The van der Waals surface area contributed by atoms with Gasteiger partial charge in [-0.3, -0.25) is 9.59 Å². The van der Waals surface area contributed by atoms with Crippen LogP contribution in [0, 0.1) is 0 Å². The van der Waals surface area contributed by atoms with Crippen molar-refractivity contribution in [3.63, 3.8) is 0 Å². The maximum absolute atomic E-state index is 13.0.